The molecule has 138 valence electrons. The quantitative estimate of drug-likeness (QED) is 0.450. The first-order chi connectivity index (χ1) is 12.2. The summed E-state index contributed by atoms with van der Waals surface area (Å²) in [7, 11) is 0. The molecule has 0 aromatic heterocycles. The first-order valence-corrected chi connectivity index (χ1v) is 8.40. The normalized spacial score (nSPS) is 15.3. The predicted octanol–water partition coefficient (Wildman–Crippen LogP) is 2.21. The maximum absolute atomic E-state index is 12.5. The standard InChI is InChI=1S/C17H16Cl2N2O5/c1-4-5-20-14(22)9(3)26-17(25)8(2)21-15(23)10-6-12(18)13(19)7-11(10)16(21)24/h4,6-9H,1,5H2,2-3H3,(H,20,22)/t8-,9-/m0/s1. The van der Waals surface area contributed by atoms with E-state index in [1.54, 1.807) is 0 Å². The highest BCUT2D eigenvalue weighted by molar-refractivity contribution is 6.43. The van der Waals surface area contributed by atoms with Gasteiger partial charge in [-0.05, 0) is 26.0 Å². The fourth-order valence-electron chi connectivity index (χ4n) is 2.35. The van der Waals surface area contributed by atoms with Crippen LogP contribution in [-0.2, 0) is 14.3 Å². The van der Waals surface area contributed by atoms with Gasteiger partial charge < -0.3 is 10.1 Å². The van der Waals surface area contributed by atoms with Gasteiger partial charge in [-0.1, -0.05) is 29.3 Å². The van der Waals surface area contributed by atoms with Crippen LogP contribution in [0, 0.1) is 0 Å². The highest BCUT2D eigenvalue weighted by atomic mass is 35.5. The number of fused-ring (bicyclic) bond motifs is 1. The van der Waals surface area contributed by atoms with E-state index in [0.717, 1.165) is 4.90 Å². The van der Waals surface area contributed by atoms with E-state index < -0.39 is 35.8 Å². The molecule has 1 aromatic carbocycles. The van der Waals surface area contributed by atoms with E-state index in [1.165, 1.54) is 32.1 Å². The lowest BCUT2D eigenvalue weighted by Gasteiger charge is -2.22. The van der Waals surface area contributed by atoms with Crippen molar-refractivity contribution in [3.63, 3.8) is 0 Å². The Morgan fingerprint density at radius 3 is 2.15 bits per heavy atom. The largest absolute Gasteiger partial charge is 0.451 e. The number of nitrogens with zero attached hydrogens (tertiary/aromatic N) is 1. The number of benzene rings is 1. The molecule has 1 heterocycles. The van der Waals surface area contributed by atoms with Gasteiger partial charge in [0.2, 0.25) is 0 Å². The number of carbonyl (C=O) groups is 4. The van der Waals surface area contributed by atoms with Crippen molar-refractivity contribution < 1.29 is 23.9 Å². The smallest absolute Gasteiger partial charge is 0.329 e. The van der Waals surface area contributed by atoms with Crippen LogP contribution < -0.4 is 5.32 Å². The van der Waals surface area contributed by atoms with Crippen LogP contribution in [0.25, 0.3) is 0 Å². The van der Waals surface area contributed by atoms with E-state index in [0.29, 0.717) is 0 Å². The van der Waals surface area contributed by atoms with Crippen LogP contribution in [-0.4, -0.2) is 47.3 Å². The highest BCUT2D eigenvalue weighted by Crippen LogP contribution is 2.32. The summed E-state index contributed by atoms with van der Waals surface area (Å²) < 4.78 is 5.04. The first kappa shape index (κ1) is 19.9. The summed E-state index contributed by atoms with van der Waals surface area (Å²) >= 11 is 11.8. The minimum Gasteiger partial charge on any atom is -0.451 e. The van der Waals surface area contributed by atoms with Crippen molar-refractivity contribution >= 4 is 46.9 Å². The number of amides is 3. The highest BCUT2D eigenvalue weighted by Gasteiger charge is 2.42. The van der Waals surface area contributed by atoms with Crippen LogP contribution in [0.4, 0.5) is 0 Å². The number of nitrogens with one attached hydrogen (secondary N) is 1. The summed E-state index contributed by atoms with van der Waals surface area (Å²) in [5.41, 5.74) is 0.113. The second kappa shape index (κ2) is 7.88. The van der Waals surface area contributed by atoms with Crippen molar-refractivity contribution in [3.05, 3.63) is 46.0 Å². The third kappa shape index (κ3) is 3.73. The third-order valence-electron chi connectivity index (χ3n) is 3.77. The van der Waals surface area contributed by atoms with Gasteiger partial charge in [-0.25, -0.2) is 4.79 Å². The number of imide groups is 1. The van der Waals surface area contributed by atoms with Crippen LogP contribution in [0.5, 0.6) is 0 Å². The monoisotopic (exact) mass is 398 g/mol. The summed E-state index contributed by atoms with van der Waals surface area (Å²) in [4.78, 5) is 49.7. The topological polar surface area (TPSA) is 92.8 Å². The zero-order valence-electron chi connectivity index (χ0n) is 14.0. The molecule has 9 heteroatoms. The minimum atomic E-state index is -1.23. The van der Waals surface area contributed by atoms with Gasteiger partial charge in [0.1, 0.15) is 6.04 Å². The van der Waals surface area contributed by atoms with Gasteiger partial charge in [0, 0.05) is 6.54 Å². The number of hydrogen-bond acceptors (Lipinski definition) is 5. The maximum atomic E-state index is 12.5. The van der Waals surface area contributed by atoms with Crippen LogP contribution in [0.2, 0.25) is 10.0 Å². The lowest BCUT2D eigenvalue weighted by molar-refractivity contribution is -0.157. The molecule has 2 rings (SSSR count). The molecule has 1 aromatic rings. The number of carbonyl (C=O) groups excluding carboxylic acids is 4. The van der Waals surface area contributed by atoms with E-state index >= 15 is 0 Å². The lowest BCUT2D eigenvalue weighted by atomic mass is 10.1. The number of hydrogen-bond donors (Lipinski definition) is 1. The Kier molecular flexibility index (Phi) is 6.05. The molecule has 7 nitrogen and oxygen atoms in total. The molecule has 0 saturated carbocycles. The molecule has 0 aliphatic carbocycles. The molecule has 1 aliphatic heterocycles. The fourth-order valence-corrected chi connectivity index (χ4v) is 2.68. The van der Waals surface area contributed by atoms with Crippen molar-refractivity contribution in [2.75, 3.05) is 6.54 Å². The molecular weight excluding hydrogens is 383 g/mol. The van der Waals surface area contributed by atoms with Gasteiger partial charge in [0.05, 0.1) is 21.2 Å². The molecule has 0 spiro atoms. The SMILES string of the molecule is C=CCNC(=O)[C@H](C)OC(=O)[C@H](C)N1C(=O)c2cc(Cl)c(Cl)cc2C1=O. The molecular formula is C17H16Cl2N2O5. The van der Waals surface area contributed by atoms with Gasteiger partial charge in [-0.3, -0.25) is 19.3 Å². The molecule has 2 atom stereocenters. The number of rotatable bonds is 6. The van der Waals surface area contributed by atoms with E-state index in [4.69, 9.17) is 27.9 Å². The Balaban J connectivity index is 2.14. The zero-order valence-corrected chi connectivity index (χ0v) is 15.6. The average molecular weight is 399 g/mol. The summed E-state index contributed by atoms with van der Waals surface area (Å²) in [5, 5.41) is 2.72. The van der Waals surface area contributed by atoms with E-state index in [9.17, 15) is 19.2 Å². The molecule has 0 fully saturated rings. The molecule has 0 saturated heterocycles. The predicted molar refractivity (Wildman–Crippen MR) is 95.2 cm³/mol. The van der Waals surface area contributed by atoms with Crippen LogP contribution in [0.15, 0.2) is 24.8 Å². The van der Waals surface area contributed by atoms with Crippen molar-refractivity contribution in [3.8, 4) is 0 Å². The third-order valence-corrected chi connectivity index (χ3v) is 4.49. The Bertz CT molecular complexity index is 768. The molecule has 1 N–H and O–H groups in total. The van der Waals surface area contributed by atoms with Gasteiger partial charge in [-0.2, -0.15) is 0 Å². The van der Waals surface area contributed by atoms with Crippen molar-refractivity contribution in [1.82, 2.24) is 10.2 Å². The zero-order chi connectivity index (χ0) is 19.6. The number of halogens is 2. The second-order valence-electron chi connectivity index (χ2n) is 5.58. The second-order valence-corrected chi connectivity index (χ2v) is 6.40. The summed E-state index contributed by atoms with van der Waals surface area (Å²) in [6, 6.07) is 1.33. The van der Waals surface area contributed by atoms with Gasteiger partial charge >= 0.3 is 5.97 Å². The minimum absolute atomic E-state index is 0.0563. The van der Waals surface area contributed by atoms with Crippen molar-refractivity contribution in [1.29, 1.82) is 0 Å². The van der Waals surface area contributed by atoms with Crippen molar-refractivity contribution in [2.45, 2.75) is 26.0 Å². The average Bonchev–Trinajstić information content (AvgIpc) is 2.83. The van der Waals surface area contributed by atoms with E-state index in [2.05, 4.69) is 11.9 Å². The van der Waals surface area contributed by atoms with Crippen LogP contribution in [0.1, 0.15) is 34.6 Å². The van der Waals surface area contributed by atoms with E-state index in [1.807, 2.05) is 0 Å². The van der Waals surface area contributed by atoms with Gasteiger partial charge in [0.25, 0.3) is 17.7 Å². The van der Waals surface area contributed by atoms with Crippen LogP contribution in [0.3, 0.4) is 0 Å². The summed E-state index contributed by atoms with van der Waals surface area (Å²) in [6.45, 7) is 6.39. The lowest BCUT2D eigenvalue weighted by Crippen LogP contribution is -2.46. The Hall–Kier alpha value is -2.38. The first-order valence-electron chi connectivity index (χ1n) is 7.65. The van der Waals surface area contributed by atoms with Gasteiger partial charge in [0.15, 0.2) is 6.10 Å². The van der Waals surface area contributed by atoms with E-state index in [-0.39, 0.29) is 27.7 Å². The number of esters is 1. The summed E-state index contributed by atoms with van der Waals surface area (Å²) in [6.07, 6.45) is 0.383. The Labute approximate surface area is 159 Å². The maximum Gasteiger partial charge on any atom is 0.329 e. The molecule has 1 aliphatic rings. The summed E-state index contributed by atoms with van der Waals surface area (Å²) in [5.74, 6) is -2.78. The fraction of sp³-hybridized carbons (Fsp3) is 0.294. The Morgan fingerprint density at radius 2 is 1.69 bits per heavy atom. The van der Waals surface area contributed by atoms with Crippen molar-refractivity contribution in [2.24, 2.45) is 0 Å². The molecule has 3 amide bonds. The Morgan fingerprint density at radius 1 is 1.19 bits per heavy atom. The van der Waals surface area contributed by atoms with Crippen LogP contribution >= 0.6 is 23.2 Å². The number of ether oxygens (including phenoxy) is 1. The molecule has 0 unspecified atom stereocenters. The molecule has 26 heavy (non-hydrogen) atoms. The molecule has 0 radical (unpaired) electrons. The van der Waals surface area contributed by atoms with Gasteiger partial charge in [-0.15, -0.1) is 6.58 Å². The molecule has 0 bridgehead atoms.